The molecule has 1 N–H and O–H groups in total. The third-order valence-electron chi connectivity index (χ3n) is 6.76. The van der Waals surface area contributed by atoms with E-state index in [0.29, 0.717) is 29.6 Å². The lowest BCUT2D eigenvalue weighted by atomic mass is 9.96. The number of carbonyl (C=O) groups excluding carboxylic acids is 2. The number of fused-ring (bicyclic) bond motifs is 2. The Hall–Kier alpha value is -3.87. The van der Waals surface area contributed by atoms with E-state index in [-0.39, 0.29) is 12.8 Å². The lowest BCUT2D eigenvalue weighted by molar-refractivity contribution is -0.308. The van der Waals surface area contributed by atoms with Crippen molar-refractivity contribution >= 4 is 33.8 Å². The van der Waals surface area contributed by atoms with Crippen molar-refractivity contribution in [3.8, 4) is 11.1 Å². The molecular weight excluding hydrogens is 458 g/mol. The summed E-state index contributed by atoms with van der Waals surface area (Å²) in [6.07, 6.45) is 1.89. The Labute approximate surface area is 209 Å². The first kappa shape index (κ1) is 25.2. The standard InChI is InChI=1S/C29H31NO6/c1-5-6-12-23(28(32)33)30-24(31)14-13-20-16(2)21-15-22-25(19-10-8-7-9-11-19)18(4)35-27(22)17(3)26(21)36-29(20)34/h7-11,15,23H,5-6,12-14H2,1-4H3,(H,30,31)(H,32,33)/p-1/t23-/m0/s1. The number of rotatable bonds is 9. The van der Waals surface area contributed by atoms with Gasteiger partial charge in [0.25, 0.3) is 0 Å². The van der Waals surface area contributed by atoms with Gasteiger partial charge in [0.2, 0.25) is 5.91 Å². The van der Waals surface area contributed by atoms with E-state index in [1.165, 1.54) is 0 Å². The number of carbonyl (C=O) groups is 2. The van der Waals surface area contributed by atoms with Crippen molar-refractivity contribution in [3.63, 3.8) is 0 Å². The molecule has 0 radical (unpaired) electrons. The summed E-state index contributed by atoms with van der Waals surface area (Å²) in [6.45, 7) is 7.57. The second kappa shape index (κ2) is 10.4. The van der Waals surface area contributed by atoms with Crippen molar-refractivity contribution in [2.24, 2.45) is 0 Å². The van der Waals surface area contributed by atoms with Gasteiger partial charge in [0.15, 0.2) is 0 Å². The minimum atomic E-state index is -1.30. The van der Waals surface area contributed by atoms with Gasteiger partial charge in [-0.25, -0.2) is 4.79 Å². The van der Waals surface area contributed by atoms with Crippen LogP contribution in [0.25, 0.3) is 33.1 Å². The monoisotopic (exact) mass is 488 g/mol. The van der Waals surface area contributed by atoms with E-state index in [1.807, 2.05) is 64.1 Å². The Balaban J connectivity index is 1.70. The van der Waals surface area contributed by atoms with Crippen LogP contribution >= 0.6 is 0 Å². The quantitative estimate of drug-likeness (QED) is 0.348. The lowest BCUT2D eigenvalue weighted by Gasteiger charge is -2.19. The van der Waals surface area contributed by atoms with Crippen molar-refractivity contribution in [3.05, 3.63) is 69.3 Å². The molecule has 0 aliphatic heterocycles. The zero-order chi connectivity index (χ0) is 26.0. The van der Waals surface area contributed by atoms with Crippen molar-refractivity contribution in [1.82, 2.24) is 5.32 Å². The van der Waals surface area contributed by atoms with E-state index in [0.717, 1.165) is 45.2 Å². The molecule has 1 amide bonds. The molecule has 0 saturated heterocycles. The summed E-state index contributed by atoms with van der Waals surface area (Å²) in [6, 6.07) is 10.9. The molecule has 0 aliphatic carbocycles. The van der Waals surface area contributed by atoms with Gasteiger partial charge >= 0.3 is 5.63 Å². The Morgan fingerprint density at radius 2 is 1.69 bits per heavy atom. The summed E-state index contributed by atoms with van der Waals surface area (Å²) < 4.78 is 11.8. The number of nitrogens with one attached hydrogen (secondary N) is 1. The van der Waals surface area contributed by atoms with Crippen LogP contribution in [-0.2, 0) is 16.0 Å². The van der Waals surface area contributed by atoms with E-state index < -0.39 is 23.5 Å². The predicted molar refractivity (Wildman–Crippen MR) is 137 cm³/mol. The van der Waals surface area contributed by atoms with Crippen molar-refractivity contribution < 1.29 is 23.5 Å². The third-order valence-corrected chi connectivity index (χ3v) is 6.76. The molecule has 7 nitrogen and oxygen atoms in total. The number of hydrogen-bond acceptors (Lipinski definition) is 6. The smallest absolute Gasteiger partial charge is 0.339 e. The average molecular weight is 489 g/mol. The Morgan fingerprint density at radius 3 is 2.36 bits per heavy atom. The number of unbranched alkanes of at least 4 members (excludes halogenated alkanes) is 1. The molecule has 0 spiro atoms. The molecule has 2 aromatic carbocycles. The second-order valence-corrected chi connectivity index (χ2v) is 9.23. The van der Waals surface area contributed by atoms with Gasteiger partial charge in [-0.05, 0) is 50.8 Å². The average Bonchev–Trinajstić information content (AvgIpc) is 3.19. The van der Waals surface area contributed by atoms with Crippen molar-refractivity contribution in [1.29, 1.82) is 0 Å². The van der Waals surface area contributed by atoms with Crippen LogP contribution in [0.2, 0.25) is 0 Å². The Kier molecular flexibility index (Phi) is 7.29. The van der Waals surface area contributed by atoms with Gasteiger partial charge in [0.05, 0.1) is 12.0 Å². The maximum Gasteiger partial charge on any atom is 0.339 e. The molecule has 2 aromatic heterocycles. The van der Waals surface area contributed by atoms with Crippen LogP contribution in [0.5, 0.6) is 0 Å². The number of furan rings is 1. The molecule has 36 heavy (non-hydrogen) atoms. The van der Waals surface area contributed by atoms with Gasteiger partial charge in [0.1, 0.15) is 16.9 Å². The molecule has 4 rings (SSSR count). The maximum atomic E-state index is 12.9. The number of carboxylic acid groups (broad SMARTS) is 1. The number of carboxylic acids is 1. The van der Waals surface area contributed by atoms with Gasteiger partial charge in [-0.15, -0.1) is 0 Å². The first-order chi connectivity index (χ1) is 17.2. The van der Waals surface area contributed by atoms with Gasteiger partial charge in [-0.3, -0.25) is 4.79 Å². The highest BCUT2D eigenvalue weighted by Gasteiger charge is 2.21. The van der Waals surface area contributed by atoms with E-state index >= 15 is 0 Å². The fourth-order valence-electron chi connectivity index (χ4n) is 4.79. The summed E-state index contributed by atoms with van der Waals surface area (Å²) in [7, 11) is 0. The topological polar surface area (TPSA) is 113 Å². The molecule has 2 heterocycles. The summed E-state index contributed by atoms with van der Waals surface area (Å²) >= 11 is 0. The van der Waals surface area contributed by atoms with Crippen LogP contribution in [0.1, 0.15) is 55.1 Å². The van der Waals surface area contributed by atoms with Crippen LogP contribution in [0.15, 0.2) is 50.0 Å². The second-order valence-electron chi connectivity index (χ2n) is 9.23. The van der Waals surface area contributed by atoms with Crippen LogP contribution in [0, 0.1) is 20.8 Å². The zero-order valence-corrected chi connectivity index (χ0v) is 21.0. The van der Waals surface area contributed by atoms with Crippen molar-refractivity contribution in [2.45, 2.75) is 65.8 Å². The predicted octanol–water partition coefficient (Wildman–Crippen LogP) is 4.49. The summed E-state index contributed by atoms with van der Waals surface area (Å²) in [4.78, 5) is 36.7. The number of benzene rings is 2. The number of aliphatic carboxylic acids is 1. The van der Waals surface area contributed by atoms with E-state index in [2.05, 4.69) is 5.32 Å². The normalized spacial score (nSPS) is 12.2. The molecule has 0 bridgehead atoms. The molecule has 188 valence electrons. The Bertz CT molecular complexity index is 1500. The minimum absolute atomic E-state index is 0.0334. The molecule has 0 saturated carbocycles. The molecule has 0 unspecified atom stereocenters. The van der Waals surface area contributed by atoms with Crippen LogP contribution < -0.4 is 16.0 Å². The van der Waals surface area contributed by atoms with Gasteiger partial charge in [-0.2, -0.15) is 0 Å². The van der Waals surface area contributed by atoms with Crippen LogP contribution in [0.3, 0.4) is 0 Å². The molecule has 1 atom stereocenters. The van der Waals surface area contributed by atoms with Crippen molar-refractivity contribution in [2.75, 3.05) is 0 Å². The summed E-state index contributed by atoms with van der Waals surface area (Å²) in [5.74, 6) is -0.970. The first-order valence-corrected chi connectivity index (χ1v) is 12.3. The van der Waals surface area contributed by atoms with E-state index in [4.69, 9.17) is 8.83 Å². The van der Waals surface area contributed by atoms with Gasteiger partial charge in [0, 0.05) is 33.9 Å². The lowest BCUT2D eigenvalue weighted by Crippen LogP contribution is -2.47. The summed E-state index contributed by atoms with van der Waals surface area (Å²) in [5.41, 5.74) is 4.52. The molecule has 7 heteroatoms. The van der Waals surface area contributed by atoms with E-state index in [1.54, 1.807) is 0 Å². The van der Waals surface area contributed by atoms with E-state index in [9.17, 15) is 19.5 Å². The zero-order valence-electron chi connectivity index (χ0n) is 21.0. The molecular formula is C29H30NO6-. The van der Waals surface area contributed by atoms with Gasteiger partial charge < -0.3 is 24.1 Å². The molecule has 0 aliphatic rings. The van der Waals surface area contributed by atoms with Crippen LogP contribution in [0.4, 0.5) is 0 Å². The fraction of sp³-hybridized carbons (Fsp3) is 0.345. The molecule has 4 aromatic rings. The molecule has 0 fully saturated rings. The highest BCUT2D eigenvalue weighted by molar-refractivity contribution is 6.05. The largest absolute Gasteiger partial charge is 0.548 e. The highest BCUT2D eigenvalue weighted by Crippen LogP contribution is 2.39. The maximum absolute atomic E-state index is 12.9. The summed E-state index contributed by atoms with van der Waals surface area (Å²) in [5, 5.41) is 15.6. The van der Waals surface area contributed by atoms with Gasteiger partial charge in [-0.1, -0.05) is 50.1 Å². The fourth-order valence-corrected chi connectivity index (χ4v) is 4.79. The first-order valence-electron chi connectivity index (χ1n) is 12.3. The number of aryl methyl sites for hydroxylation is 3. The van der Waals surface area contributed by atoms with Crippen LogP contribution in [-0.4, -0.2) is 17.9 Å². The Morgan fingerprint density at radius 1 is 1.00 bits per heavy atom. The highest BCUT2D eigenvalue weighted by atomic mass is 16.4. The SMILES string of the molecule is CCCC[C@H](NC(=O)CCc1c(C)c2cc3c(-c4ccccc4)c(C)oc3c(C)c2oc1=O)C(=O)[O-]. The minimum Gasteiger partial charge on any atom is -0.548 e. The third kappa shape index (κ3) is 4.78. The number of amides is 1. The number of hydrogen-bond donors (Lipinski definition) is 1.